The minimum atomic E-state index is -4.24. The third-order valence-corrected chi connectivity index (χ3v) is 3.06. The van der Waals surface area contributed by atoms with E-state index in [-0.39, 0.29) is 18.4 Å². The zero-order valence-corrected chi connectivity index (χ0v) is 10.3. The first kappa shape index (κ1) is 15.2. The van der Waals surface area contributed by atoms with Gasteiger partial charge in [-0.1, -0.05) is 0 Å². The molecular formula is C11H20F3N3O. The lowest BCUT2D eigenvalue weighted by molar-refractivity contribution is -0.174. The van der Waals surface area contributed by atoms with E-state index in [0.29, 0.717) is 6.42 Å². The molecule has 0 radical (unpaired) electrons. The van der Waals surface area contributed by atoms with Crippen LogP contribution in [0.2, 0.25) is 0 Å². The summed E-state index contributed by atoms with van der Waals surface area (Å²) in [5.74, 6) is 0.408. The maximum atomic E-state index is 11.8. The van der Waals surface area contributed by atoms with Crippen molar-refractivity contribution in [2.45, 2.75) is 25.4 Å². The quantitative estimate of drug-likeness (QED) is 0.436. The summed E-state index contributed by atoms with van der Waals surface area (Å²) in [4.78, 5) is 2.18. The molecule has 7 heteroatoms. The fourth-order valence-electron chi connectivity index (χ4n) is 2.05. The number of likely N-dealkylation sites (tertiary alicyclic amines) is 1. The second-order valence-electron chi connectivity index (χ2n) is 4.59. The molecule has 0 atom stereocenters. The van der Waals surface area contributed by atoms with E-state index in [1.54, 1.807) is 0 Å². The molecule has 3 N–H and O–H groups in total. The van der Waals surface area contributed by atoms with E-state index >= 15 is 0 Å². The van der Waals surface area contributed by atoms with E-state index in [1.807, 2.05) is 0 Å². The standard InChI is InChI=1S/C11H20F3N3O/c12-11(13,14)8-18-7-1-4-17-5-2-9(3-6-17)10(15)16/h9H,1-8H2,(H3,15,16). The lowest BCUT2D eigenvalue weighted by Crippen LogP contribution is -2.39. The highest BCUT2D eigenvalue weighted by Crippen LogP contribution is 2.17. The normalized spacial score (nSPS) is 19.1. The van der Waals surface area contributed by atoms with Crippen LogP contribution in [-0.2, 0) is 4.74 Å². The van der Waals surface area contributed by atoms with Crippen LogP contribution in [0.3, 0.4) is 0 Å². The summed E-state index contributed by atoms with van der Waals surface area (Å²) in [6.45, 7) is 1.40. The van der Waals surface area contributed by atoms with Gasteiger partial charge in [-0.25, -0.2) is 0 Å². The number of piperidine rings is 1. The Morgan fingerprint density at radius 2 is 1.94 bits per heavy atom. The number of rotatable bonds is 6. The molecular weight excluding hydrogens is 247 g/mol. The zero-order valence-electron chi connectivity index (χ0n) is 10.3. The van der Waals surface area contributed by atoms with E-state index in [0.717, 1.165) is 32.5 Å². The molecule has 0 amide bonds. The Morgan fingerprint density at radius 1 is 1.33 bits per heavy atom. The summed E-state index contributed by atoms with van der Waals surface area (Å²) in [6.07, 6.45) is -1.92. The Kier molecular flexibility index (Phi) is 5.87. The minimum Gasteiger partial charge on any atom is -0.387 e. The number of halogens is 3. The molecule has 0 aliphatic carbocycles. The number of hydrogen-bond donors (Lipinski definition) is 2. The van der Waals surface area contributed by atoms with Crippen molar-refractivity contribution in [3.8, 4) is 0 Å². The molecule has 0 aromatic rings. The highest BCUT2D eigenvalue weighted by Gasteiger charge is 2.27. The number of amidine groups is 1. The Bertz CT molecular complexity index is 263. The maximum absolute atomic E-state index is 11.8. The van der Waals surface area contributed by atoms with Crippen LogP contribution in [-0.4, -0.2) is 49.8 Å². The molecule has 0 unspecified atom stereocenters. The third-order valence-electron chi connectivity index (χ3n) is 3.06. The van der Waals surface area contributed by atoms with E-state index in [2.05, 4.69) is 9.64 Å². The molecule has 0 bridgehead atoms. The highest BCUT2D eigenvalue weighted by molar-refractivity contribution is 5.79. The summed E-state index contributed by atoms with van der Waals surface area (Å²) >= 11 is 0. The number of alkyl halides is 3. The van der Waals surface area contributed by atoms with Crippen LogP contribution in [0.25, 0.3) is 0 Å². The number of nitrogens with zero attached hydrogens (tertiary/aromatic N) is 1. The van der Waals surface area contributed by atoms with Crippen molar-refractivity contribution in [1.82, 2.24) is 4.90 Å². The Labute approximate surface area is 105 Å². The number of ether oxygens (including phenoxy) is 1. The van der Waals surface area contributed by atoms with Crippen molar-refractivity contribution < 1.29 is 17.9 Å². The minimum absolute atomic E-state index is 0.131. The van der Waals surface area contributed by atoms with Gasteiger partial charge in [0.15, 0.2) is 0 Å². The van der Waals surface area contributed by atoms with Crippen molar-refractivity contribution in [2.75, 3.05) is 32.8 Å². The molecule has 1 fully saturated rings. The van der Waals surface area contributed by atoms with Crippen LogP contribution < -0.4 is 5.73 Å². The summed E-state index contributed by atoms with van der Waals surface area (Å²) in [7, 11) is 0. The predicted molar refractivity (Wildman–Crippen MR) is 62.6 cm³/mol. The van der Waals surface area contributed by atoms with Gasteiger partial charge >= 0.3 is 6.18 Å². The number of nitrogens with one attached hydrogen (secondary N) is 1. The summed E-state index contributed by atoms with van der Waals surface area (Å²) in [5, 5.41) is 7.34. The van der Waals surface area contributed by atoms with Crippen LogP contribution in [0.1, 0.15) is 19.3 Å². The van der Waals surface area contributed by atoms with Crippen molar-refractivity contribution in [2.24, 2.45) is 11.7 Å². The topological polar surface area (TPSA) is 62.3 Å². The molecule has 1 heterocycles. The van der Waals surface area contributed by atoms with Gasteiger partial charge < -0.3 is 15.4 Å². The average Bonchev–Trinajstić information content (AvgIpc) is 2.27. The molecule has 1 rings (SSSR count). The number of hydrogen-bond acceptors (Lipinski definition) is 3. The zero-order chi connectivity index (χ0) is 13.6. The summed E-state index contributed by atoms with van der Waals surface area (Å²) in [5.41, 5.74) is 5.43. The van der Waals surface area contributed by atoms with Gasteiger partial charge in [0.1, 0.15) is 6.61 Å². The van der Waals surface area contributed by atoms with Gasteiger partial charge in [-0.3, -0.25) is 5.41 Å². The second kappa shape index (κ2) is 6.94. The molecule has 1 aliphatic heterocycles. The second-order valence-corrected chi connectivity index (χ2v) is 4.59. The van der Waals surface area contributed by atoms with Gasteiger partial charge in [0.05, 0.1) is 5.84 Å². The lowest BCUT2D eigenvalue weighted by atomic mass is 9.96. The molecule has 0 saturated carbocycles. The summed E-state index contributed by atoms with van der Waals surface area (Å²) < 4.78 is 39.9. The average molecular weight is 267 g/mol. The molecule has 0 spiro atoms. The van der Waals surface area contributed by atoms with Crippen LogP contribution in [0.4, 0.5) is 13.2 Å². The van der Waals surface area contributed by atoms with Gasteiger partial charge in [0.25, 0.3) is 0 Å². The molecule has 1 saturated heterocycles. The van der Waals surface area contributed by atoms with Crippen LogP contribution in [0.5, 0.6) is 0 Å². The maximum Gasteiger partial charge on any atom is 0.411 e. The van der Waals surface area contributed by atoms with E-state index in [9.17, 15) is 13.2 Å². The van der Waals surface area contributed by atoms with Crippen LogP contribution in [0.15, 0.2) is 0 Å². The Hall–Kier alpha value is -0.820. The molecule has 18 heavy (non-hydrogen) atoms. The summed E-state index contributed by atoms with van der Waals surface area (Å²) in [6, 6.07) is 0. The first-order valence-electron chi connectivity index (χ1n) is 6.09. The fourth-order valence-corrected chi connectivity index (χ4v) is 2.05. The first-order chi connectivity index (χ1) is 8.38. The molecule has 4 nitrogen and oxygen atoms in total. The van der Waals surface area contributed by atoms with Crippen molar-refractivity contribution in [3.05, 3.63) is 0 Å². The molecule has 106 valence electrons. The van der Waals surface area contributed by atoms with Crippen molar-refractivity contribution >= 4 is 5.84 Å². The van der Waals surface area contributed by atoms with Gasteiger partial charge in [-0.15, -0.1) is 0 Å². The van der Waals surface area contributed by atoms with Crippen molar-refractivity contribution in [3.63, 3.8) is 0 Å². The van der Waals surface area contributed by atoms with Gasteiger partial charge in [0.2, 0.25) is 0 Å². The molecule has 0 aromatic heterocycles. The molecule has 1 aliphatic rings. The predicted octanol–water partition coefficient (Wildman–Crippen LogP) is 1.60. The van der Waals surface area contributed by atoms with Crippen molar-refractivity contribution in [1.29, 1.82) is 5.41 Å². The van der Waals surface area contributed by atoms with E-state index in [4.69, 9.17) is 11.1 Å². The van der Waals surface area contributed by atoms with Crippen LogP contribution in [0, 0.1) is 11.3 Å². The largest absolute Gasteiger partial charge is 0.411 e. The smallest absolute Gasteiger partial charge is 0.387 e. The van der Waals surface area contributed by atoms with Gasteiger partial charge in [0, 0.05) is 19.1 Å². The first-order valence-corrected chi connectivity index (χ1v) is 6.09. The van der Waals surface area contributed by atoms with Gasteiger partial charge in [-0.2, -0.15) is 13.2 Å². The van der Waals surface area contributed by atoms with Crippen LogP contribution >= 0.6 is 0 Å². The highest BCUT2D eigenvalue weighted by atomic mass is 19.4. The third kappa shape index (κ3) is 6.20. The lowest BCUT2D eigenvalue weighted by Gasteiger charge is -2.31. The van der Waals surface area contributed by atoms with E-state index in [1.165, 1.54) is 0 Å². The Balaban J connectivity index is 2.03. The SMILES string of the molecule is N=C(N)C1CCN(CCCOCC(F)(F)F)CC1. The monoisotopic (exact) mass is 267 g/mol. The Morgan fingerprint density at radius 3 is 2.44 bits per heavy atom. The molecule has 0 aromatic carbocycles. The van der Waals surface area contributed by atoms with E-state index < -0.39 is 12.8 Å². The number of nitrogens with two attached hydrogens (primary N) is 1. The fraction of sp³-hybridized carbons (Fsp3) is 0.909. The van der Waals surface area contributed by atoms with Gasteiger partial charge in [-0.05, 0) is 32.4 Å².